The standard InChI is InChI=1S/C9H16N2O2/c1-2-10-9(13)7-5-3-4-6-8(12)11-7/h7H,2-6H2,1H3,(H,10,13)(H,11,12). The zero-order chi connectivity index (χ0) is 9.68. The number of carbonyl (C=O) groups excluding carboxylic acids is 2. The van der Waals surface area contributed by atoms with Crippen molar-refractivity contribution in [1.82, 2.24) is 10.6 Å². The summed E-state index contributed by atoms with van der Waals surface area (Å²) in [5.41, 5.74) is 0. The minimum Gasteiger partial charge on any atom is -0.355 e. The summed E-state index contributed by atoms with van der Waals surface area (Å²) in [6, 6.07) is -0.310. The highest BCUT2D eigenvalue weighted by Gasteiger charge is 2.21. The highest BCUT2D eigenvalue weighted by atomic mass is 16.2. The Labute approximate surface area is 78.1 Å². The van der Waals surface area contributed by atoms with Gasteiger partial charge in [0.05, 0.1) is 0 Å². The summed E-state index contributed by atoms with van der Waals surface area (Å²) in [4.78, 5) is 22.5. The number of hydrogen-bond acceptors (Lipinski definition) is 2. The Balaban J connectivity index is 2.47. The van der Waals surface area contributed by atoms with Crippen molar-refractivity contribution in [2.45, 2.75) is 38.6 Å². The van der Waals surface area contributed by atoms with Gasteiger partial charge < -0.3 is 10.6 Å². The molecule has 1 aliphatic heterocycles. The number of amides is 2. The Morgan fingerprint density at radius 2 is 2.38 bits per heavy atom. The maximum Gasteiger partial charge on any atom is 0.242 e. The second kappa shape index (κ2) is 4.84. The molecule has 1 atom stereocenters. The van der Waals surface area contributed by atoms with Crippen molar-refractivity contribution in [2.75, 3.05) is 6.54 Å². The zero-order valence-electron chi connectivity index (χ0n) is 7.93. The maximum absolute atomic E-state index is 11.4. The minimum atomic E-state index is -0.310. The molecule has 13 heavy (non-hydrogen) atoms. The van der Waals surface area contributed by atoms with E-state index in [0.29, 0.717) is 13.0 Å². The van der Waals surface area contributed by atoms with Crippen LogP contribution in [0.4, 0.5) is 0 Å². The van der Waals surface area contributed by atoms with Crippen LogP contribution in [0.3, 0.4) is 0 Å². The molecule has 4 nitrogen and oxygen atoms in total. The van der Waals surface area contributed by atoms with E-state index < -0.39 is 0 Å². The average molecular weight is 184 g/mol. The Morgan fingerprint density at radius 1 is 1.62 bits per heavy atom. The summed E-state index contributed by atoms with van der Waals surface area (Å²) >= 11 is 0. The van der Waals surface area contributed by atoms with E-state index in [-0.39, 0.29) is 17.9 Å². The van der Waals surface area contributed by atoms with Crippen LogP contribution in [0.5, 0.6) is 0 Å². The van der Waals surface area contributed by atoms with Crippen LogP contribution in [0.2, 0.25) is 0 Å². The minimum absolute atomic E-state index is 0.00578. The summed E-state index contributed by atoms with van der Waals surface area (Å²) in [6.45, 7) is 2.49. The second-order valence-corrected chi connectivity index (χ2v) is 3.26. The lowest BCUT2D eigenvalue weighted by molar-refractivity contribution is -0.128. The fourth-order valence-corrected chi connectivity index (χ4v) is 1.47. The van der Waals surface area contributed by atoms with Gasteiger partial charge in [-0.1, -0.05) is 6.42 Å². The molecule has 0 aromatic rings. The summed E-state index contributed by atoms with van der Waals surface area (Å²) in [7, 11) is 0. The molecule has 1 fully saturated rings. The molecule has 2 amide bonds. The first-order valence-corrected chi connectivity index (χ1v) is 4.81. The fraction of sp³-hybridized carbons (Fsp3) is 0.778. The van der Waals surface area contributed by atoms with Crippen molar-refractivity contribution in [3.8, 4) is 0 Å². The summed E-state index contributed by atoms with van der Waals surface area (Å²) in [5, 5.41) is 5.42. The molecule has 0 aliphatic carbocycles. The highest BCUT2D eigenvalue weighted by Crippen LogP contribution is 2.09. The number of likely N-dealkylation sites (N-methyl/N-ethyl adjacent to an activating group) is 1. The first-order valence-electron chi connectivity index (χ1n) is 4.81. The van der Waals surface area contributed by atoms with Gasteiger partial charge in [-0.3, -0.25) is 9.59 Å². The molecule has 74 valence electrons. The van der Waals surface area contributed by atoms with Gasteiger partial charge in [-0.15, -0.1) is 0 Å². The van der Waals surface area contributed by atoms with Crippen molar-refractivity contribution in [1.29, 1.82) is 0 Å². The molecule has 0 bridgehead atoms. The quantitative estimate of drug-likeness (QED) is 0.643. The monoisotopic (exact) mass is 184 g/mol. The maximum atomic E-state index is 11.4. The average Bonchev–Trinajstić information content (AvgIpc) is 2.30. The van der Waals surface area contributed by atoms with Crippen LogP contribution in [-0.2, 0) is 9.59 Å². The lowest BCUT2D eigenvalue weighted by Crippen LogP contribution is -2.45. The van der Waals surface area contributed by atoms with Gasteiger partial charge in [0.25, 0.3) is 0 Å². The van der Waals surface area contributed by atoms with E-state index in [0.717, 1.165) is 19.3 Å². The third-order valence-electron chi connectivity index (χ3n) is 2.15. The van der Waals surface area contributed by atoms with Crippen LogP contribution in [0.15, 0.2) is 0 Å². The van der Waals surface area contributed by atoms with E-state index >= 15 is 0 Å². The molecule has 1 heterocycles. The van der Waals surface area contributed by atoms with Gasteiger partial charge in [0.1, 0.15) is 6.04 Å². The van der Waals surface area contributed by atoms with E-state index in [1.165, 1.54) is 0 Å². The van der Waals surface area contributed by atoms with Crippen LogP contribution < -0.4 is 10.6 Å². The molecule has 1 aliphatic rings. The lowest BCUT2D eigenvalue weighted by Gasteiger charge is -2.14. The van der Waals surface area contributed by atoms with Crippen LogP contribution in [0.1, 0.15) is 32.6 Å². The van der Waals surface area contributed by atoms with Crippen LogP contribution >= 0.6 is 0 Å². The molecule has 0 spiro atoms. The number of rotatable bonds is 2. The number of carbonyl (C=O) groups is 2. The molecule has 0 aromatic heterocycles. The van der Waals surface area contributed by atoms with Crippen LogP contribution in [-0.4, -0.2) is 24.4 Å². The van der Waals surface area contributed by atoms with Gasteiger partial charge in [0, 0.05) is 13.0 Å². The van der Waals surface area contributed by atoms with Gasteiger partial charge in [-0.05, 0) is 19.8 Å². The topological polar surface area (TPSA) is 58.2 Å². The van der Waals surface area contributed by atoms with Crippen molar-refractivity contribution >= 4 is 11.8 Å². The van der Waals surface area contributed by atoms with E-state index in [1.807, 2.05) is 6.92 Å². The SMILES string of the molecule is CCNC(=O)C1CCCCC(=O)N1. The molecule has 0 aromatic carbocycles. The first-order chi connectivity index (χ1) is 6.24. The largest absolute Gasteiger partial charge is 0.355 e. The van der Waals surface area contributed by atoms with Crippen molar-refractivity contribution in [3.05, 3.63) is 0 Å². The Morgan fingerprint density at radius 3 is 3.08 bits per heavy atom. The molecular weight excluding hydrogens is 168 g/mol. The highest BCUT2D eigenvalue weighted by molar-refractivity contribution is 5.87. The molecule has 2 N–H and O–H groups in total. The lowest BCUT2D eigenvalue weighted by atomic mass is 10.1. The summed E-state index contributed by atoms with van der Waals surface area (Å²) in [5.74, 6) is -0.0634. The van der Waals surface area contributed by atoms with Gasteiger partial charge in [-0.25, -0.2) is 0 Å². The summed E-state index contributed by atoms with van der Waals surface area (Å²) in [6.07, 6.45) is 3.15. The van der Waals surface area contributed by atoms with Gasteiger partial charge in [-0.2, -0.15) is 0 Å². The molecule has 1 saturated heterocycles. The normalized spacial score (nSPS) is 23.2. The van der Waals surface area contributed by atoms with Crippen molar-refractivity contribution in [3.63, 3.8) is 0 Å². The fourth-order valence-electron chi connectivity index (χ4n) is 1.47. The molecule has 0 radical (unpaired) electrons. The smallest absolute Gasteiger partial charge is 0.242 e. The van der Waals surface area contributed by atoms with Crippen molar-refractivity contribution in [2.24, 2.45) is 0 Å². The Hall–Kier alpha value is -1.06. The zero-order valence-corrected chi connectivity index (χ0v) is 7.93. The number of nitrogens with one attached hydrogen (secondary N) is 2. The van der Waals surface area contributed by atoms with Gasteiger partial charge >= 0.3 is 0 Å². The number of hydrogen-bond donors (Lipinski definition) is 2. The summed E-state index contributed by atoms with van der Waals surface area (Å²) < 4.78 is 0. The first kappa shape index (κ1) is 10.0. The third-order valence-corrected chi connectivity index (χ3v) is 2.15. The van der Waals surface area contributed by atoms with Crippen LogP contribution in [0.25, 0.3) is 0 Å². The van der Waals surface area contributed by atoms with Gasteiger partial charge in [0.2, 0.25) is 11.8 Å². The Kier molecular flexibility index (Phi) is 3.73. The molecule has 0 saturated carbocycles. The van der Waals surface area contributed by atoms with Crippen molar-refractivity contribution < 1.29 is 9.59 Å². The predicted molar refractivity (Wildman–Crippen MR) is 49.1 cm³/mol. The second-order valence-electron chi connectivity index (χ2n) is 3.26. The van der Waals surface area contributed by atoms with E-state index in [2.05, 4.69) is 10.6 Å². The molecular formula is C9H16N2O2. The van der Waals surface area contributed by atoms with E-state index in [4.69, 9.17) is 0 Å². The van der Waals surface area contributed by atoms with Crippen LogP contribution in [0, 0.1) is 0 Å². The van der Waals surface area contributed by atoms with Gasteiger partial charge in [0.15, 0.2) is 0 Å². The third kappa shape index (κ3) is 3.05. The van der Waals surface area contributed by atoms with E-state index in [9.17, 15) is 9.59 Å². The molecule has 1 rings (SSSR count). The molecule has 4 heteroatoms. The Bertz CT molecular complexity index is 204. The predicted octanol–water partition coefficient (Wildman–Crippen LogP) is 0.181. The molecule has 1 unspecified atom stereocenters. The van der Waals surface area contributed by atoms with E-state index in [1.54, 1.807) is 0 Å².